The number of amides is 1. The summed E-state index contributed by atoms with van der Waals surface area (Å²) >= 11 is 6.29. The summed E-state index contributed by atoms with van der Waals surface area (Å²) in [5.74, 6) is 1.58. The molecule has 3 aromatic rings. The van der Waals surface area contributed by atoms with E-state index in [4.69, 9.17) is 16.3 Å². The highest BCUT2D eigenvalue weighted by atomic mass is 35.5. The van der Waals surface area contributed by atoms with Crippen LogP contribution in [0.5, 0.6) is 0 Å². The van der Waals surface area contributed by atoms with E-state index in [0.717, 1.165) is 49.0 Å². The second kappa shape index (κ2) is 7.32. The summed E-state index contributed by atoms with van der Waals surface area (Å²) in [4.78, 5) is 16.3. The summed E-state index contributed by atoms with van der Waals surface area (Å²) in [5.41, 5.74) is 4.40. The van der Waals surface area contributed by atoms with Crippen LogP contribution in [0.2, 0.25) is 5.02 Å². The van der Waals surface area contributed by atoms with Crippen molar-refractivity contribution in [3.63, 3.8) is 0 Å². The van der Waals surface area contributed by atoms with Crippen LogP contribution in [0.4, 0.5) is 5.95 Å². The molecule has 0 aliphatic carbocycles. The Morgan fingerprint density at radius 2 is 1.88 bits per heavy atom. The van der Waals surface area contributed by atoms with Gasteiger partial charge >= 0.3 is 0 Å². The number of piperidine rings is 1. The Morgan fingerprint density at radius 1 is 1.06 bits per heavy atom. The van der Waals surface area contributed by atoms with Crippen LogP contribution in [0.3, 0.4) is 0 Å². The van der Waals surface area contributed by atoms with Crippen molar-refractivity contribution in [2.45, 2.75) is 45.1 Å². The summed E-state index contributed by atoms with van der Waals surface area (Å²) in [7, 11) is 0. The number of hydrogen-bond acceptors (Lipinski definition) is 5. The maximum Gasteiger partial charge on any atom is 0.231 e. The molecule has 0 bridgehead atoms. The van der Waals surface area contributed by atoms with Crippen LogP contribution < -0.4 is 4.90 Å². The normalized spacial score (nSPS) is 18.8. The van der Waals surface area contributed by atoms with Crippen molar-refractivity contribution in [1.82, 2.24) is 19.7 Å². The van der Waals surface area contributed by atoms with Crippen molar-refractivity contribution in [3.05, 3.63) is 70.0 Å². The van der Waals surface area contributed by atoms with Crippen LogP contribution in [-0.2, 0) is 34.8 Å². The number of carbonyl (C=O) groups excluding carboxylic acids is 1. The van der Waals surface area contributed by atoms with E-state index in [-0.39, 0.29) is 11.5 Å². The molecule has 3 aliphatic heterocycles. The zero-order valence-electron chi connectivity index (χ0n) is 17.9. The number of anilines is 1. The fourth-order valence-corrected chi connectivity index (χ4v) is 5.48. The van der Waals surface area contributed by atoms with E-state index in [0.29, 0.717) is 24.7 Å². The number of aromatic nitrogens is 3. The van der Waals surface area contributed by atoms with Crippen LogP contribution in [0.25, 0.3) is 5.69 Å². The molecular formula is C24H24ClN5O2. The van der Waals surface area contributed by atoms with E-state index < -0.39 is 0 Å². The smallest absolute Gasteiger partial charge is 0.231 e. The van der Waals surface area contributed by atoms with Crippen molar-refractivity contribution >= 4 is 23.5 Å². The van der Waals surface area contributed by atoms with E-state index in [2.05, 4.69) is 43.9 Å². The molecule has 3 aliphatic rings. The first kappa shape index (κ1) is 19.8. The molecule has 32 heavy (non-hydrogen) atoms. The Labute approximate surface area is 191 Å². The minimum atomic E-state index is -0.203. The average Bonchev–Trinajstić information content (AvgIpc) is 3.32. The number of carbonyl (C=O) groups is 1. The van der Waals surface area contributed by atoms with E-state index in [9.17, 15) is 4.79 Å². The van der Waals surface area contributed by atoms with Crippen molar-refractivity contribution < 1.29 is 9.53 Å². The maximum atomic E-state index is 12.2. The minimum Gasteiger partial charge on any atom is -0.365 e. The topological polar surface area (TPSA) is 63.5 Å². The number of fused-ring (bicyclic) bond motifs is 5. The van der Waals surface area contributed by atoms with Crippen LogP contribution in [0, 0.1) is 0 Å². The molecule has 1 spiro atoms. The van der Waals surface area contributed by atoms with Crippen molar-refractivity contribution in [3.8, 4) is 5.69 Å². The third-order valence-corrected chi connectivity index (χ3v) is 7.24. The van der Waals surface area contributed by atoms with E-state index >= 15 is 0 Å². The number of ether oxygens (including phenoxy) is 1. The van der Waals surface area contributed by atoms with Gasteiger partial charge in [0.15, 0.2) is 5.82 Å². The van der Waals surface area contributed by atoms with Gasteiger partial charge in [-0.25, -0.2) is 0 Å². The first-order valence-electron chi connectivity index (χ1n) is 11.0. The van der Waals surface area contributed by atoms with E-state index in [1.807, 2.05) is 18.2 Å². The summed E-state index contributed by atoms with van der Waals surface area (Å²) in [5, 5.41) is 9.70. The first-order valence-corrected chi connectivity index (χ1v) is 11.4. The van der Waals surface area contributed by atoms with Gasteiger partial charge in [-0.3, -0.25) is 9.36 Å². The molecule has 1 amide bonds. The minimum absolute atomic E-state index is 0.00545. The van der Waals surface area contributed by atoms with Gasteiger partial charge in [0.1, 0.15) is 0 Å². The maximum absolute atomic E-state index is 12.2. The lowest BCUT2D eigenvalue weighted by Crippen LogP contribution is -2.43. The standard InChI is InChI=1S/C24H24ClN5O2/c1-16(31)29-13-18-12-19(25)6-7-21(18)30-22(14-29)26-27-23(30)28-10-8-24(9-11-28)20-5-3-2-4-17(20)15-32-24/h2-7,12H,8-11,13-15H2,1H3. The van der Waals surface area contributed by atoms with E-state index in [1.165, 1.54) is 11.1 Å². The predicted octanol–water partition coefficient (Wildman–Crippen LogP) is 3.81. The lowest BCUT2D eigenvalue weighted by Gasteiger charge is -2.39. The summed E-state index contributed by atoms with van der Waals surface area (Å²) in [6, 6.07) is 14.4. The second-order valence-electron chi connectivity index (χ2n) is 8.83. The quantitative estimate of drug-likeness (QED) is 0.565. The molecule has 2 aromatic carbocycles. The molecule has 0 N–H and O–H groups in total. The number of benzene rings is 2. The SMILES string of the molecule is CC(=O)N1Cc2cc(Cl)ccc2-n2c(nnc2N2CCC3(CC2)OCc2ccccc23)C1. The van der Waals surface area contributed by atoms with Gasteiger partial charge in [-0.05, 0) is 47.7 Å². The Kier molecular flexibility index (Phi) is 4.52. The van der Waals surface area contributed by atoms with Gasteiger partial charge in [0, 0.05) is 31.6 Å². The molecule has 0 saturated carbocycles. The Morgan fingerprint density at radius 3 is 2.69 bits per heavy atom. The van der Waals surface area contributed by atoms with Crippen LogP contribution >= 0.6 is 11.6 Å². The van der Waals surface area contributed by atoms with Crippen LogP contribution in [0.1, 0.15) is 42.3 Å². The fourth-order valence-electron chi connectivity index (χ4n) is 5.28. The molecule has 6 rings (SSSR count). The Hall–Kier alpha value is -2.90. The molecule has 0 atom stereocenters. The van der Waals surface area contributed by atoms with Crippen LogP contribution in [0.15, 0.2) is 42.5 Å². The monoisotopic (exact) mass is 449 g/mol. The molecule has 4 heterocycles. The number of rotatable bonds is 1. The largest absolute Gasteiger partial charge is 0.365 e. The molecular weight excluding hydrogens is 426 g/mol. The molecule has 7 nitrogen and oxygen atoms in total. The molecule has 0 radical (unpaired) electrons. The molecule has 1 saturated heterocycles. The zero-order chi connectivity index (χ0) is 21.9. The summed E-state index contributed by atoms with van der Waals surface area (Å²) in [6.45, 7) is 4.84. The van der Waals surface area contributed by atoms with Gasteiger partial charge in [-0.1, -0.05) is 35.9 Å². The van der Waals surface area contributed by atoms with Crippen molar-refractivity contribution in [1.29, 1.82) is 0 Å². The first-order chi connectivity index (χ1) is 15.5. The Balaban J connectivity index is 1.35. The van der Waals surface area contributed by atoms with Gasteiger partial charge in [-0.15, -0.1) is 10.2 Å². The number of halogens is 1. The third-order valence-electron chi connectivity index (χ3n) is 7.00. The fraction of sp³-hybridized carbons (Fsp3) is 0.375. The van der Waals surface area contributed by atoms with Gasteiger partial charge in [0.2, 0.25) is 11.9 Å². The van der Waals surface area contributed by atoms with Crippen molar-refractivity contribution in [2.75, 3.05) is 18.0 Å². The number of hydrogen-bond donors (Lipinski definition) is 0. The highest BCUT2D eigenvalue weighted by Crippen LogP contribution is 2.44. The summed E-state index contributed by atoms with van der Waals surface area (Å²) < 4.78 is 8.43. The third kappa shape index (κ3) is 3.03. The average molecular weight is 450 g/mol. The Bertz CT molecular complexity index is 1210. The van der Waals surface area contributed by atoms with Gasteiger partial charge < -0.3 is 14.5 Å². The second-order valence-corrected chi connectivity index (χ2v) is 9.26. The zero-order valence-corrected chi connectivity index (χ0v) is 18.7. The van der Waals surface area contributed by atoms with Crippen molar-refractivity contribution in [2.24, 2.45) is 0 Å². The lowest BCUT2D eigenvalue weighted by atomic mass is 9.84. The van der Waals surface area contributed by atoms with Gasteiger partial charge in [0.05, 0.1) is 24.4 Å². The number of nitrogens with zero attached hydrogens (tertiary/aromatic N) is 5. The lowest BCUT2D eigenvalue weighted by molar-refractivity contribution is -0.130. The highest BCUT2D eigenvalue weighted by molar-refractivity contribution is 6.30. The molecule has 8 heteroatoms. The van der Waals surface area contributed by atoms with E-state index in [1.54, 1.807) is 11.8 Å². The molecule has 0 unspecified atom stereocenters. The van der Waals surface area contributed by atoms with Crippen LogP contribution in [-0.4, -0.2) is 38.7 Å². The molecule has 164 valence electrons. The summed E-state index contributed by atoms with van der Waals surface area (Å²) in [6.07, 6.45) is 1.80. The van der Waals surface area contributed by atoms with Gasteiger partial charge in [0.25, 0.3) is 0 Å². The predicted molar refractivity (Wildman–Crippen MR) is 121 cm³/mol. The van der Waals surface area contributed by atoms with Gasteiger partial charge in [-0.2, -0.15) is 0 Å². The molecule has 1 aromatic heterocycles. The molecule has 1 fully saturated rings. The highest BCUT2D eigenvalue weighted by Gasteiger charge is 2.43.